The largest absolute Gasteiger partial charge is 0.493 e. The van der Waals surface area contributed by atoms with Crippen molar-refractivity contribution in [3.8, 4) is 28.8 Å². The third-order valence-electron chi connectivity index (χ3n) is 5.20. The molecule has 0 aliphatic carbocycles. The number of nitro benzene ring substituents is 1. The molecule has 36 heavy (non-hydrogen) atoms. The van der Waals surface area contributed by atoms with Crippen molar-refractivity contribution < 1.29 is 27.6 Å². The van der Waals surface area contributed by atoms with E-state index in [0.717, 1.165) is 6.07 Å². The number of nitro groups is 1. The Hall–Kier alpha value is -4.30. The van der Waals surface area contributed by atoms with E-state index in [4.69, 9.17) is 14.2 Å². The summed E-state index contributed by atoms with van der Waals surface area (Å²) in [7, 11) is -0.913. The lowest BCUT2D eigenvalue weighted by Crippen LogP contribution is -2.29. The third-order valence-corrected chi connectivity index (χ3v) is 6.80. The van der Waals surface area contributed by atoms with Crippen LogP contribution in [0.3, 0.4) is 0 Å². The quantitative estimate of drug-likeness (QED) is 0.189. The van der Waals surface area contributed by atoms with Crippen LogP contribution < -0.4 is 18.9 Å². The van der Waals surface area contributed by atoms with Gasteiger partial charge in [0.05, 0.1) is 24.0 Å². The van der Waals surface area contributed by atoms with Gasteiger partial charge in [-0.1, -0.05) is 6.07 Å². The maximum atomic E-state index is 12.6. The Balaban J connectivity index is 1.47. The fraction of sp³-hybridized carbons (Fsp3) is 0.227. The molecule has 2 aromatic carbocycles. The summed E-state index contributed by atoms with van der Waals surface area (Å²) in [4.78, 5) is 10.2. The van der Waals surface area contributed by atoms with E-state index in [9.17, 15) is 18.5 Å². The maximum absolute atomic E-state index is 12.6. The fourth-order valence-electron chi connectivity index (χ4n) is 3.41. The number of methoxy groups -OCH3 is 2. The van der Waals surface area contributed by atoms with Crippen LogP contribution in [-0.2, 0) is 10.0 Å². The standard InChI is InChI=1S/C22H22N6O7S/c1-14-4-6-16(28(29)30)13-19(14)36(31,32)23-10-11-35-21-9-8-20-24-25-22(27(20)26-21)15-5-7-17(33-2)18(12-15)34-3/h4-9,12-13,23H,10-11H2,1-3H3. The molecule has 0 fully saturated rings. The Morgan fingerprint density at radius 3 is 2.53 bits per heavy atom. The number of fused-ring (bicyclic) bond motifs is 1. The number of benzene rings is 2. The highest BCUT2D eigenvalue weighted by Gasteiger charge is 2.20. The molecule has 0 saturated carbocycles. The van der Waals surface area contributed by atoms with Crippen LogP contribution >= 0.6 is 0 Å². The molecule has 13 nitrogen and oxygen atoms in total. The van der Waals surface area contributed by atoms with Gasteiger partial charge in [-0.3, -0.25) is 10.1 Å². The molecule has 14 heteroatoms. The van der Waals surface area contributed by atoms with E-state index in [1.165, 1.54) is 23.8 Å². The topological polar surface area (TPSA) is 160 Å². The van der Waals surface area contributed by atoms with Crippen molar-refractivity contribution in [1.29, 1.82) is 0 Å². The van der Waals surface area contributed by atoms with Crippen LogP contribution in [0.1, 0.15) is 5.56 Å². The predicted molar refractivity (Wildman–Crippen MR) is 128 cm³/mol. The van der Waals surface area contributed by atoms with E-state index < -0.39 is 14.9 Å². The first-order valence-electron chi connectivity index (χ1n) is 10.6. The zero-order valence-electron chi connectivity index (χ0n) is 19.5. The Morgan fingerprint density at radius 2 is 1.81 bits per heavy atom. The zero-order chi connectivity index (χ0) is 25.9. The summed E-state index contributed by atoms with van der Waals surface area (Å²) >= 11 is 0. The molecule has 0 spiro atoms. The summed E-state index contributed by atoms with van der Waals surface area (Å²) in [6.07, 6.45) is 0. The van der Waals surface area contributed by atoms with Crippen LogP contribution in [-0.4, -0.2) is 60.5 Å². The molecule has 2 aromatic heterocycles. The van der Waals surface area contributed by atoms with Gasteiger partial charge in [0.2, 0.25) is 15.9 Å². The van der Waals surface area contributed by atoms with E-state index in [1.54, 1.807) is 44.4 Å². The molecule has 0 unspecified atom stereocenters. The normalized spacial score (nSPS) is 11.4. The summed E-state index contributed by atoms with van der Waals surface area (Å²) in [5.41, 5.74) is 1.24. The Labute approximate surface area is 205 Å². The van der Waals surface area contributed by atoms with E-state index >= 15 is 0 Å². The van der Waals surface area contributed by atoms with Gasteiger partial charge in [-0.25, -0.2) is 13.1 Å². The van der Waals surface area contributed by atoms with Crippen molar-refractivity contribution in [2.24, 2.45) is 0 Å². The lowest BCUT2D eigenvalue weighted by atomic mass is 10.2. The number of aryl methyl sites for hydroxylation is 1. The van der Waals surface area contributed by atoms with Crippen molar-refractivity contribution in [3.63, 3.8) is 0 Å². The lowest BCUT2D eigenvalue weighted by molar-refractivity contribution is -0.385. The van der Waals surface area contributed by atoms with Gasteiger partial charge in [-0.2, -0.15) is 4.52 Å². The van der Waals surface area contributed by atoms with E-state index in [-0.39, 0.29) is 29.6 Å². The highest BCUT2D eigenvalue weighted by molar-refractivity contribution is 7.89. The number of hydrogen-bond acceptors (Lipinski definition) is 10. The maximum Gasteiger partial charge on any atom is 0.270 e. The minimum atomic E-state index is -3.98. The van der Waals surface area contributed by atoms with Crippen molar-refractivity contribution in [2.45, 2.75) is 11.8 Å². The van der Waals surface area contributed by atoms with Gasteiger partial charge in [-0.05, 0) is 36.8 Å². The molecule has 2 heterocycles. The highest BCUT2D eigenvalue weighted by atomic mass is 32.2. The van der Waals surface area contributed by atoms with Crippen LogP contribution in [0.5, 0.6) is 17.4 Å². The SMILES string of the molecule is COc1ccc(-c2nnc3ccc(OCCNS(=O)(=O)c4cc([N+](=O)[O-])ccc4C)nn23)cc1OC. The third kappa shape index (κ3) is 5.04. The van der Waals surface area contributed by atoms with Gasteiger partial charge < -0.3 is 14.2 Å². The van der Waals surface area contributed by atoms with Gasteiger partial charge in [0.15, 0.2) is 23.0 Å². The van der Waals surface area contributed by atoms with Crippen LogP contribution in [0.2, 0.25) is 0 Å². The molecule has 0 aliphatic heterocycles. The zero-order valence-corrected chi connectivity index (χ0v) is 20.4. The Morgan fingerprint density at radius 1 is 1.03 bits per heavy atom. The number of nitrogens with one attached hydrogen (secondary N) is 1. The fourth-order valence-corrected chi connectivity index (χ4v) is 4.68. The minimum absolute atomic E-state index is 0.0421. The average molecular weight is 515 g/mol. The predicted octanol–water partition coefficient (Wildman–Crippen LogP) is 2.38. The number of aromatic nitrogens is 4. The van der Waals surface area contributed by atoms with E-state index in [1.807, 2.05) is 0 Å². The number of hydrogen-bond donors (Lipinski definition) is 1. The summed E-state index contributed by atoms with van der Waals surface area (Å²) < 4.78 is 45.4. The van der Waals surface area contributed by atoms with Crippen molar-refractivity contribution in [3.05, 3.63) is 64.2 Å². The minimum Gasteiger partial charge on any atom is -0.493 e. The second kappa shape index (κ2) is 10.1. The summed E-state index contributed by atoms with van der Waals surface area (Å²) in [6.45, 7) is 1.43. The van der Waals surface area contributed by atoms with Crippen molar-refractivity contribution >= 4 is 21.4 Å². The van der Waals surface area contributed by atoms with Crippen LogP contribution in [0, 0.1) is 17.0 Å². The molecule has 188 valence electrons. The molecular formula is C22H22N6O7S. The van der Waals surface area contributed by atoms with Gasteiger partial charge >= 0.3 is 0 Å². The monoisotopic (exact) mass is 514 g/mol. The van der Waals surface area contributed by atoms with Crippen LogP contribution in [0.25, 0.3) is 17.0 Å². The molecule has 0 aliphatic rings. The van der Waals surface area contributed by atoms with Crippen molar-refractivity contribution in [2.75, 3.05) is 27.4 Å². The number of nitrogens with zero attached hydrogens (tertiary/aromatic N) is 5. The molecular weight excluding hydrogens is 492 g/mol. The van der Waals surface area contributed by atoms with Crippen molar-refractivity contribution in [1.82, 2.24) is 24.5 Å². The highest BCUT2D eigenvalue weighted by Crippen LogP contribution is 2.31. The Bertz CT molecular complexity index is 1540. The number of non-ortho nitro benzene ring substituents is 1. The molecule has 4 rings (SSSR count). The number of ether oxygens (including phenoxy) is 3. The summed E-state index contributed by atoms with van der Waals surface area (Å²) in [6, 6.07) is 12.2. The summed E-state index contributed by atoms with van der Waals surface area (Å²) in [5.74, 6) is 1.74. The molecule has 4 aromatic rings. The van der Waals surface area contributed by atoms with Gasteiger partial charge in [0.1, 0.15) is 6.61 Å². The molecule has 0 atom stereocenters. The first-order chi connectivity index (χ1) is 17.2. The van der Waals surface area contributed by atoms with Gasteiger partial charge in [0.25, 0.3) is 5.69 Å². The Kier molecular flexibility index (Phi) is 6.98. The smallest absolute Gasteiger partial charge is 0.270 e. The molecule has 0 saturated heterocycles. The van der Waals surface area contributed by atoms with E-state index in [2.05, 4.69) is 20.0 Å². The van der Waals surface area contributed by atoms with Gasteiger partial charge in [0, 0.05) is 30.3 Å². The number of sulfonamides is 1. The lowest BCUT2D eigenvalue weighted by Gasteiger charge is -2.10. The molecule has 1 N–H and O–H groups in total. The molecule has 0 radical (unpaired) electrons. The second-order valence-electron chi connectivity index (χ2n) is 7.49. The summed E-state index contributed by atoms with van der Waals surface area (Å²) in [5, 5.41) is 23.7. The van der Waals surface area contributed by atoms with E-state index in [0.29, 0.717) is 34.1 Å². The van der Waals surface area contributed by atoms with Crippen LogP contribution in [0.15, 0.2) is 53.4 Å². The first-order valence-corrected chi connectivity index (χ1v) is 12.0. The first kappa shape index (κ1) is 24.8. The average Bonchev–Trinajstić information content (AvgIpc) is 3.29. The van der Waals surface area contributed by atoms with Crippen LogP contribution in [0.4, 0.5) is 5.69 Å². The molecule has 0 amide bonds. The number of rotatable bonds is 10. The molecule has 0 bridgehead atoms. The van der Waals surface area contributed by atoms with Gasteiger partial charge in [-0.15, -0.1) is 15.3 Å². The second-order valence-corrected chi connectivity index (χ2v) is 9.22.